The summed E-state index contributed by atoms with van der Waals surface area (Å²) in [5.74, 6) is -0.892. The van der Waals surface area contributed by atoms with E-state index in [-0.39, 0.29) is 5.95 Å². The molecule has 0 atom stereocenters. The highest BCUT2D eigenvalue weighted by Gasteiger charge is 2.38. The standard InChI is InChI=1S/C21H23F6N3O/c1-2-30(16-10-6-9-15(11-16)14-7-4-3-5-8-14)19-28-12-17(21(25,26)27)18(29-19)31-13-20(22,23)24/h6,9-12,14H,2-5,7-8,13H2,1H3. The smallest absolute Gasteiger partial charge is 0.423 e. The zero-order chi connectivity index (χ0) is 22.6. The molecule has 2 aromatic rings. The van der Waals surface area contributed by atoms with E-state index in [0.717, 1.165) is 31.2 Å². The predicted molar refractivity (Wildman–Crippen MR) is 104 cm³/mol. The maximum Gasteiger partial charge on any atom is 0.423 e. The highest BCUT2D eigenvalue weighted by atomic mass is 19.4. The Morgan fingerprint density at radius 3 is 2.39 bits per heavy atom. The molecule has 0 radical (unpaired) electrons. The van der Waals surface area contributed by atoms with Crippen LogP contribution in [0.15, 0.2) is 30.5 Å². The summed E-state index contributed by atoms with van der Waals surface area (Å²) < 4.78 is 81.6. The topological polar surface area (TPSA) is 38.2 Å². The lowest BCUT2D eigenvalue weighted by atomic mass is 9.84. The summed E-state index contributed by atoms with van der Waals surface area (Å²) in [4.78, 5) is 9.03. The molecule has 4 nitrogen and oxygen atoms in total. The molecule has 0 N–H and O–H groups in total. The summed E-state index contributed by atoms with van der Waals surface area (Å²) in [6, 6.07) is 7.58. The van der Waals surface area contributed by atoms with Crippen LogP contribution in [0.5, 0.6) is 5.88 Å². The van der Waals surface area contributed by atoms with Gasteiger partial charge in [0, 0.05) is 18.4 Å². The molecule has 10 heteroatoms. The number of rotatable bonds is 6. The molecule has 1 fully saturated rings. The Kier molecular flexibility index (Phi) is 6.96. The van der Waals surface area contributed by atoms with Gasteiger partial charge in [0.05, 0.1) is 0 Å². The van der Waals surface area contributed by atoms with E-state index >= 15 is 0 Å². The molecule has 3 rings (SSSR count). The molecule has 0 saturated heterocycles. The molecule has 1 heterocycles. The van der Waals surface area contributed by atoms with Gasteiger partial charge in [0.25, 0.3) is 0 Å². The number of anilines is 2. The number of benzene rings is 1. The van der Waals surface area contributed by atoms with Crippen LogP contribution in [-0.2, 0) is 6.18 Å². The Morgan fingerprint density at radius 2 is 1.77 bits per heavy atom. The van der Waals surface area contributed by atoms with Gasteiger partial charge in [0.2, 0.25) is 11.8 Å². The number of hydrogen-bond donors (Lipinski definition) is 0. The van der Waals surface area contributed by atoms with Gasteiger partial charge >= 0.3 is 12.4 Å². The summed E-state index contributed by atoms with van der Waals surface area (Å²) in [5, 5.41) is 0. The minimum absolute atomic E-state index is 0.159. The van der Waals surface area contributed by atoms with Crippen molar-refractivity contribution in [3.63, 3.8) is 0 Å². The van der Waals surface area contributed by atoms with Crippen LogP contribution in [0.2, 0.25) is 0 Å². The lowest BCUT2D eigenvalue weighted by Crippen LogP contribution is -2.24. The molecule has 0 aliphatic heterocycles. The van der Waals surface area contributed by atoms with Crippen molar-refractivity contribution in [3.05, 3.63) is 41.6 Å². The molecule has 1 aliphatic rings. The van der Waals surface area contributed by atoms with Gasteiger partial charge in [-0.2, -0.15) is 31.3 Å². The van der Waals surface area contributed by atoms with Crippen LogP contribution >= 0.6 is 0 Å². The summed E-state index contributed by atoms with van der Waals surface area (Å²) in [7, 11) is 0. The largest absolute Gasteiger partial charge is 0.467 e. The summed E-state index contributed by atoms with van der Waals surface area (Å²) in [5.41, 5.74) is 0.329. The van der Waals surface area contributed by atoms with E-state index in [4.69, 9.17) is 0 Å². The number of hydrogen-bond acceptors (Lipinski definition) is 4. The van der Waals surface area contributed by atoms with Gasteiger partial charge < -0.3 is 9.64 Å². The van der Waals surface area contributed by atoms with E-state index in [1.165, 1.54) is 6.42 Å². The third-order valence-corrected chi connectivity index (χ3v) is 5.24. The van der Waals surface area contributed by atoms with E-state index in [2.05, 4.69) is 14.7 Å². The fourth-order valence-corrected chi connectivity index (χ4v) is 3.76. The Balaban J connectivity index is 1.94. The van der Waals surface area contributed by atoms with Crippen molar-refractivity contribution >= 4 is 11.6 Å². The number of nitrogens with zero attached hydrogens (tertiary/aromatic N) is 3. The van der Waals surface area contributed by atoms with Crippen molar-refractivity contribution in [3.8, 4) is 5.88 Å². The normalized spacial score (nSPS) is 15.7. The van der Waals surface area contributed by atoms with E-state index in [0.29, 0.717) is 24.3 Å². The molecule has 1 aromatic carbocycles. The van der Waals surface area contributed by atoms with Crippen LogP contribution in [-0.4, -0.2) is 29.3 Å². The Labute approximate surface area is 176 Å². The highest BCUT2D eigenvalue weighted by Crippen LogP contribution is 2.38. The lowest BCUT2D eigenvalue weighted by Gasteiger charge is -2.26. The molecule has 0 bridgehead atoms. The van der Waals surface area contributed by atoms with Crippen molar-refractivity contribution in [1.29, 1.82) is 0 Å². The van der Waals surface area contributed by atoms with Crippen LogP contribution < -0.4 is 9.64 Å². The lowest BCUT2D eigenvalue weighted by molar-refractivity contribution is -0.159. The monoisotopic (exact) mass is 447 g/mol. The zero-order valence-electron chi connectivity index (χ0n) is 16.9. The first kappa shape index (κ1) is 23.1. The molecule has 31 heavy (non-hydrogen) atoms. The third kappa shape index (κ3) is 6.01. The van der Waals surface area contributed by atoms with Crippen LogP contribution in [0.3, 0.4) is 0 Å². The van der Waals surface area contributed by atoms with Crippen molar-refractivity contribution in [2.24, 2.45) is 0 Å². The van der Waals surface area contributed by atoms with Gasteiger partial charge in [-0.1, -0.05) is 31.4 Å². The summed E-state index contributed by atoms with van der Waals surface area (Å²) in [6.07, 6.45) is -3.64. The first-order valence-electron chi connectivity index (χ1n) is 10.1. The maximum atomic E-state index is 13.2. The minimum atomic E-state index is -4.95. The second-order valence-corrected chi connectivity index (χ2v) is 7.46. The summed E-state index contributed by atoms with van der Waals surface area (Å²) in [6.45, 7) is 0.179. The molecule has 1 aliphatic carbocycles. The van der Waals surface area contributed by atoms with E-state index in [1.807, 2.05) is 18.2 Å². The number of aromatic nitrogens is 2. The van der Waals surface area contributed by atoms with E-state index in [1.54, 1.807) is 17.9 Å². The fourth-order valence-electron chi connectivity index (χ4n) is 3.76. The zero-order valence-corrected chi connectivity index (χ0v) is 16.9. The second-order valence-electron chi connectivity index (χ2n) is 7.46. The molecule has 0 amide bonds. The SMILES string of the molecule is CCN(c1cccc(C2CCCCC2)c1)c1ncc(C(F)(F)F)c(OCC(F)(F)F)n1. The van der Waals surface area contributed by atoms with Gasteiger partial charge in [0.1, 0.15) is 5.56 Å². The van der Waals surface area contributed by atoms with E-state index in [9.17, 15) is 26.3 Å². The van der Waals surface area contributed by atoms with Gasteiger partial charge in [-0.05, 0) is 43.4 Å². The summed E-state index contributed by atoms with van der Waals surface area (Å²) >= 11 is 0. The number of halogens is 6. The van der Waals surface area contributed by atoms with Crippen molar-refractivity contribution in [2.75, 3.05) is 18.1 Å². The minimum Gasteiger partial charge on any atom is -0.467 e. The molecule has 170 valence electrons. The van der Waals surface area contributed by atoms with Crippen LogP contribution in [0.1, 0.15) is 56.1 Å². The van der Waals surface area contributed by atoms with Crippen LogP contribution in [0.25, 0.3) is 0 Å². The molecule has 1 aromatic heterocycles. The van der Waals surface area contributed by atoms with Gasteiger partial charge in [-0.25, -0.2) is 4.98 Å². The molecular weight excluding hydrogens is 424 g/mol. The quantitative estimate of drug-likeness (QED) is 0.465. The first-order valence-corrected chi connectivity index (χ1v) is 10.1. The fraction of sp³-hybridized carbons (Fsp3) is 0.524. The van der Waals surface area contributed by atoms with Crippen molar-refractivity contribution < 1.29 is 31.1 Å². The average Bonchev–Trinajstić information content (AvgIpc) is 2.72. The predicted octanol–water partition coefficient (Wildman–Crippen LogP) is 6.64. The Hall–Kier alpha value is -2.52. The molecule has 0 spiro atoms. The first-order chi connectivity index (χ1) is 14.6. The molecule has 1 saturated carbocycles. The highest BCUT2D eigenvalue weighted by molar-refractivity contribution is 5.59. The average molecular weight is 447 g/mol. The second kappa shape index (κ2) is 9.32. The van der Waals surface area contributed by atoms with Gasteiger partial charge in [-0.15, -0.1) is 0 Å². The van der Waals surface area contributed by atoms with Gasteiger partial charge in [-0.3, -0.25) is 0 Å². The van der Waals surface area contributed by atoms with Crippen molar-refractivity contribution in [1.82, 2.24) is 9.97 Å². The van der Waals surface area contributed by atoms with E-state index < -0.39 is 30.4 Å². The van der Waals surface area contributed by atoms with Crippen molar-refractivity contribution in [2.45, 2.75) is 57.3 Å². The molecular formula is C21H23F6N3O. The maximum absolute atomic E-state index is 13.2. The molecule has 0 unspecified atom stereocenters. The number of alkyl halides is 6. The number of ether oxygens (including phenoxy) is 1. The Morgan fingerprint density at radius 1 is 1.06 bits per heavy atom. The Bertz CT molecular complexity index is 878. The van der Waals surface area contributed by atoms with Gasteiger partial charge in [0.15, 0.2) is 6.61 Å². The third-order valence-electron chi connectivity index (χ3n) is 5.24. The van der Waals surface area contributed by atoms with Crippen LogP contribution in [0.4, 0.5) is 38.0 Å². The van der Waals surface area contributed by atoms with Crippen LogP contribution in [0, 0.1) is 0 Å².